The van der Waals surface area contributed by atoms with Crippen molar-refractivity contribution in [1.82, 2.24) is 0 Å². The van der Waals surface area contributed by atoms with E-state index in [1.165, 1.54) is 11.1 Å². The minimum atomic E-state index is 0.318. The molecule has 1 nitrogen and oxygen atoms in total. The third-order valence-electron chi connectivity index (χ3n) is 2.76. The van der Waals surface area contributed by atoms with Gasteiger partial charge < -0.3 is 0 Å². The second-order valence-electron chi connectivity index (χ2n) is 3.82. The quantitative estimate of drug-likeness (QED) is 0.724. The van der Waals surface area contributed by atoms with E-state index in [0.29, 0.717) is 5.92 Å². The molecule has 0 aliphatic rings. The standard InChI is InChI=1S/C14H18N/c1-4-7-11(3)14-9-6-8-12(10-15)13(14)5-2/h6,8-9,11H,3-5,7H2,1-2H3. The summed E-state index contributed by atoms with van der Waals surface area (Å²) in [5, 5.41) is 9.02. The van der Waals surface area contributed by atoms with Crippen LogP contribution in [0.15, 0.2) is 18.2 Å². The van der Waals surface area contributed by atoms with Crippen molar-refractivity contribution in [3.63, 3.8) is 0 Å². The van der Waals surface area contributed by atoms with Gasteiger partial charge in [-0.1, -0.05) is 32.4 Å². The van der Waals surface area contributed by atoms with Gasteiger partial charge in [0.25, 0.3) is 0 Å². The van der Waals surface area contributed by atoms with Crippen LogP contribution in [-0.2, 0) is 6.42 Å². The molecule has 0 aromatic heterocycles. The van der Waals surface area contributed by atoms with E-state index < -0.39 is 0 Å². The molecule has 1 aromatic carbocycles. The van der Waals surface area contributed by atoms with Gasteiger partial charge >= 0.3 is 0 Å². The fourth-order valence-corrected chi connectivity index (χ4v) is 1.99. The highest BCUT2D eigenvalue weighted by Gasteiger charge is 2.11. The van der Waals surface area contributed by atoms with Crippen LogP contribution < -0.4 is 0 Å². The zero-order valence-electron chi connectivity index (χ0n) is 9.59. The maximum atomic E-state index is 9.02. The number of benzene rings is 1. The lowest BCUT2D eigenvalue weighted by molar-refractivity contribution is 0.707. The van der Waals surface area contributed by atoms with Crippen molar-refractivity contribution in [3.8, 4) is 6.07 Å². The number of hydrogen-bond acceptors (Lipinski definition) is 1. The molecule has 0 aliphatic carbocycles. The maximum Gasteiger partial charge on any atom is 0.0994 e. The van der Waals surface area contributed by atoms with E-state index in [1.54, 1.807) is 0 Å². The van der Waals surface area contributed by atoms with Crippen LogP contribution in [0.25, 0.3) is 0 Å². The summed E-state index contributed by atoms with van der Waals surface area (Å²) in [7, 11) is 0. The Hall–Kier alpha value is -1.29. The molecular formula is C14H18N. The SMILES string of the molecule is [CH2]C(CCC)c1cccc(C#N)c1CC. The van der Waals surface area contributed by atoms with E-state index in [2.05, 4.69) is 32.9 Å². The van der Waals surface area contributed by atoms with Crippen molar-refractivity contribution in [2.75, 3.05) is 0 Å². The third-order valence-corrected chi connectivity index (χ3v) is 2.76. The van der Waals surface area contributed by atoms with Gasteiger partial charge in [0.2, 0.25) is 0 Å². The van der Waals surface area contributed by atoms with Crippen LogP contribution >= 0.6 is 0 Å². The van der Waals surface area contributed by atoms with E-state index in [9.17, 15) is 0 Å². The third kappa shape index (κ3) is 2.59. The minimum Gasteiger partial charge on any atom is -0.192 e. The molecule has 1 rings (SSSR count). The molecule has 0 N–H and O–H groups in total. The molecule has 0 heterocycles. The van der Waals surface area contributed by atoms with Crippen LogP contribution in [0, 0.1) is 18.3 Å². The largest absolute Gasteiger partial charge is 0.192 e. The molecule has 0 fully saturated rings. The van der Waals surface area contributed by atoms with Crippen molar-refractivity contribution in [1.29, 1.82) is 5.26 Å². The Balaban J connectivity index is 3.12. The Labute approximate surface area is 92.7 Å². The van der Waals surface area contributed by atoms with Crippen molar-refractivity contribution < 1.29 is 0 Å². The van der Waals surface area contributed by atoms with Gasteiger partial charge in [0, 0.05) is 0 Å². The van der Waals surface area contributed by atoms with Crippen LogP contribution in [0.4, 0.5) is 0 Å². The van der Waals surface area contributed by atoms with Crippen molar-refractivity contribution >= 4 is 0 Å². The van der Waals surface area contributed by atoms with Crippen LogP contribution in [0.3, 0.4) is 0 Å². The molecular weight excluding hydrogens is 182 g/mol. The first-order valence-corrected chi connectivity index (χ1v) is 5.59. The van der Waals surface area contributed by atoms with Gasteiger partial charge in [-0.3, -0.25) is 0 Å². The molecule has 1 radical (unpaired) electrons. The minimum absolute atomic E-state index is 0.318. The molecule has 0 saturated heterocycles. The smallest absolute Gasteiger partial charge is 0.0994 e. The number of nitrogens with zero attached hydrogens (tertiary/aromatic N) is 1. The Kier molecular flexibility index (Phi) is 4.37. The lowest BCUT2D eigenvalue weighted by Gasteiger charge is -2.15. The predicted molar refractivity (Wildman–Crippen MR) is 63.5 cm³/mol. The Morgan fingerprint density at radius 2 is 2.13 bits per heavy atom. The zero-order valence-corrected chi connectivity index (χ0v) is 9.59. The summed E-state index contributed by atoms with van der Waals surface area (Å²) in [5.41, 5.74) is 3.23. The average Bonchev–Trinajstić information content (AvgIpc) is 2.28. The van der Waals surface area contributed by atoms with Crippen molar-refractivity contribution in [2.45, 2.75) is 39.0 Å². The highest BCUT2D eigenvalue weighted by Crippen LogP contribution is 2.26. The summed E-state index contributed by atoms with van der Waals surface area (Å²) in [4.78, 5) is 0. The van der Waals surface area contributed by atoms with Gasteiger partial charge in [-0.15, -0.1) is 0 Å². The van der Waals surface area contributed by atoms with Crippen LogP contribution in [0.2, 0.25) is 0 Å². The molecule has 0 bridgehead atoms. The molecule has 1 atom stereocenters. The molecule has 1 unspecified atom stereocenters. The van der Waals surface area contributed by atoms with E-state index in [0.717, 1.165) is 24.8 Å². The molecule has 15 heavy (non-hydrogen) atoms. The molecule has 79 valence electrons. The van der Waals surface area contributed by atoms with Crippen LogP contribution in [0.1, 0.15) is 49.3 Å². The number of rotatable bonds is 4. The Bertz CT molecular complexity index is 360. The number of nitriles is 1. The van der Waals surface area contributed by atoms with E-state index in [-0.39, 0.29) is 0 Å². The molecule has 1 aromatic rings. The Morgan fingerprint density at radius 3 is 2.67 bits per heavy atom. The second kappa shape index (κ2) is 5.56. The Morgan fingerprint density at radius 1 is 1.40 bits per heavy atom. The average molecular weight is 200 g/mol. The van der Waals surface area contributed by atoms with Gasteiger partial charge in [0.15, 0.2) is 0 Å². The van der Waals surface area contributed by atoms with Crippen LogP contribution in [0.5, 0.6) is 0 Å². The van der Waals surface area contributed by atoms with Gasteiger partial charge in [-0.05, 0) is 42.9 Å². The zero-order chi connectivity index (χ0) is 11.3. The summed E-state index contributed by atoms with van der Waals surface area (Å²) < 4.78 is 0. The maximum absolute atomic E-state index is 9.02. The fourth-order valence-electron chi connectivity index (χ4n) is 1.99. The van der Waals surface area contributed by atoms with Gasteiger partial charge in [-0.2, -0.15) is 5.26 Å². The van der Waals surface area contributed by atoms with E-state index >= 15 is 0 Å². The first kappa shape index (κ1) is 11.8. The molecule has 1 heteroatoms. The van der Waals surface area contributed by atoms with Gasteiger partial charge in [-0.25, -0.2) is 0 Å². The molecule has 0 saturated carbocycles. The van der Waals surface area contributed by atoms with E-state index in [4.69, 9.17) is 5.26 Å². The number of hydrogen-bond donors (Lipinski definition) is 0. The van der Waals surface area contributed by atoms with Gasteiger partial charge in [0.05, 0.1) is 11.6 Å². The lowest BCUT2D eigenvalue weighted by Crippen LogP contribution is -2.01. The normalized spacial score (nSPS) is 12.1. The highest BCUT2D eigenvalue weighted by molar-refractivity contribution is 5.44. The summed E-state index contributed by atoms with van der Waals surface area (Å²) >= 11 is 0. The molecule has 0 aliphatic heterocycles. The van der Waals surface area contributed by atoms with Gasteiger partial charge in [0.1, 0.15) is 0 Å². The predicted octanol–water partition coefficient (Wildman–Crippen LogP) is 3.84. The van der Waals surface area contributed by atoms with Crippen molar-refractivity contribution in [2.24, 2.45) is 0 Å². The summed E-state index contributed by atoms with van der Waals surface area (Å²) in [5.74, 6) is 0.318. The first-order chi connectivity index (χ1) is 7.24. The van der Waals surface area contributed by atoms with Crippen molar-refractivity contribution in [3.05, 3.63) is 41.8 Å². The molecule has 0 amide bonds. The van der Waals surface area contributed by atoms with E-state index in [1.807, 2.05) is 12.1 Å². The van der Waals surface area contributed by atoms with Crippen LogP contribution in [-0.4, -0.2) is 0 Å². The monoisotopic (exact) mass is 200 g/mol. The second-order valence-corrected chi connectivity index (χ2v) is 3.82. The first-order valence-electron chi connectivity index (χ1n) is 5.59. The summed E-state index contributed by atoms with van der Waals surface area (Å²) in [6, 6.07) is 8.21. The molecule has 0 spiro atoms. The summed E-state index contributed by atoms with van der Waals surface area (Å²) in [6.45, 7) is 8.43. The fraction of sp³-hybridized carbons (Fsp3) is 0.429. The lowest BCUT2D eigenvalue weighted by atomic mass is 9.89. The topological polar surface area (TPSA) is 23.8 Å². The highest BCUT2D eigenvalue weighted by atomic mass is 14.3. The summed E-state index contributed by atoms with van der Waals surface area (Å²) in [6.07, 6.45) is 3.13.